The topological polar surface area (TPSA) is 104 Å². The van der Waals surface area contributed by atoms with Gasteiger partial charge in [-0.05, 0) is 20.3 Å². The van der Waals surface area contributed by atoms with Crippen LogP contribution in [0.2, 0.25) is 0 Å². The van der Waals surface area contributed by atoms with E-state index in [-0.39, 0.29) is 6.42 Å². The molecule has 0 aromatic rings. The van der Waals surface area contributed by atoms with E-state index in [2.05, 4.69) is 0 Å². The predicted molar refractivity (Wildman–Crippen MR) is 52.4 cm³/mol. The number of sulfonamides is 1. The Morgan fingerprint density at radius 1 is 1.29 bits per heavy atom. The van der Waals surface area contributed by atoms with E-state index in [1.807, 2.05) is 0 Å². The normalized spacial score (nSPS) is 19.4. The summed E-state index contributed by atoms with van der Waals surface area (Å²) in [7, 11) is -3.80. The van der Waals surface area contributed by atoms with Crippen LogP contribution in [0.3, 0.4) is 0 Å². The van der Waals surface area contributed by atoms with Crippen molar-refractivity contribution in [1.29, 1.82) is 0 Å². The standard InChI is InChI=1S/C7H18N2O4S/c1-4-7(14(8,12)13)9(5(2)10)6(3)11/h5-7,10-11H,4H2,1-3H3,(H2,8,12,13). The van der Waals surface area contributed by atoms with E-state index in [1.54, 1.807) is 6.92 Å². The van der Waals surface area contributed by atoms with Crippen LogP contribution in [-0.2, 0) is 10.0 Å². The molecule has 3 atom stereocenters. The number of nitrogens with zero attached hydrogens (tertiary/aromatic N) is 1. The number of hydrogen-bond donors (Lipinski definition) is 3. The summed E-state index contributed by atoms with van der Waals surface area (Å²) in [4.78, 5) is 1.04. The lowest BCUT2D eigenvalue weighted by atomic mass is 10.3. The second-order valence-corrected chi connectivity index (χ2v) is 4.89. The van der Waals surface area contributed by atoms with Crippen molar-refractivity contribution >= 4 is 10.0 Å². The van der Waals surface area contributed by atoms with E-state index in [1.165, 1.54) is 13.8 Å². The summed E-state index contributed by atoms with van der Waals surface area (Å²) in [6.07, 6.45) is -1.94. The van der Waals surface area contributed by atoms with Gasteiger partial charge in [0.15, 0.2) is 0 Å². The molecule has 0 amide bonds. The van der Waals surface area contributed by atoms with Crippen LogP contribution in [0.15, 0.2) is 0 Å². The minimum absolute atomic E-state index is 0.203. The minimum Gasteiger partial charge on any atom is -0.379 e. The van der Waals surface area contributed by atoms with Gasteiger partial charge in [0.25, 0.3) is 0 Å². The number of aliphatic hydroxyl groups is 2. The van der Waals surface area contributed by atoms with E-state index in [4.69, 9.17) is 5.14 Å². The zero-order chi connectivity index (χ0) is 11.5. The summed E-state index contributed by atoms with van der Waals surface area (Å²) in [5, 5.41) is 22.5. The van der Waals surface area contributed by atoms with Gasteiger partial charge in [-0.3, -0.25) is 0 Å². The van der Waals surface area contributed by atoms with Crippen molar-refractivity contribution < 1.29 is 18.6 Å². The Labute approximate surface area is 84.4 Å². The van der Waals surface area contributed by atoms with E-state index in [0.717, 1.165) is 4.90 Å². The molecule has 14 heavy (non-hydrogen) atoms. The fourth-order valence-electron chi connectivity index (χ4n) is 1.41. The lowest BCUT2D eigenvalue weighted by molar-refractivity contribution is -0.0931. The van der Waals surface area contributed by atoms with Gasteiger partial charge in [-0.2, -0.15) is 0 Å². The molecule has 6 nitrogen and oxygen atoms in total. The second kappa shape index (κ2) is 5.04. The summed E-state index contributed by atoms with van der Waals surface area (Å²) in [5.74, 6) is 0. The third-order valence-electron chi connectivity index (χ3n) is 1.92. The fraction of sp³-hybridized carbons (Fsp3) is 1.00. The first kappa shape index (κ1) is 13.8. The molecule has 4 N–H and O–H groups in total. The van der Waals surface area contributed by atoms with Crippen LogP contribution >= 0.6 is 0 Å². The number of nitrogens with two attached hydrogens (primary N) is 1. The van der Waals surface area contributed by atoms with Gasteiger partial charge in [-0.1, -0.05) is 6.92 Å². The van der Waals surface area contributed by atoms with E-state index >= 15 is 0 Å². The Kier molecular flexibility index (Phi) is 4.96. The summed E-state index contributed by atoms with van der Waals surface area (Å²) < 4.78 is 22.3. The van der Waals surface area contributed by atoms with Crippen LogP contribution in [-0.4, -0.2) is 41.4 Å². The molecule has 7 heteroatoms. The maximum Gasteiger partial charge on any atom is 0.225 e. The summed E-state index contributed by atoms with van der Waals surface area (Å²) in [5.41, 5.74) is 0. The molecule has 0 saturated carbocycles. The molecule has 3 unspecified atom stereocenters. The molecule has 0 fully saturated rings. The SMILES string of the molecule is CCC(N(C(C)O)C(C)O)S(N)(=O)=O. The molecule has 0 aliphatic rings. The monoisotopic (exact) mass is 226 g/mol. The van der Waals surface area contributed by atoms with Gasteiger partial charge in [0.1, 0.15) is 17.8 Å². The van der Waals surface area contributed by atoms with Crippen molar-refractivity contribution in [3.05, 3.63) is 0 Å². The molecular formula is C7H18N2O4S. The molecule has 0 aromatic heterocycles. The number of hydrogen-bond acceptors (Lipinski definition) is 5. The van der Waals surface area contributed by atoms with Crippen molar-refractivity contribution in [1.82, 2.24) is 4.90 Å². The molecule has 0 aliphatic heterocycles. The quantitative estimate of drug-likeness (QED) is 0.521. The molecule has 0 aliphatic carbocycles. The van der Waals surface area contributed by atoms with Crippen LogP contribution in [0.25, 0.3) is 0 Å². The average Bonchev–Trinajstić information content (AvgIpc) is 1.95. The molecule has 0 radical (unpaired) electrons. The molecule has 0 heterocycles. The first-order valence-corrected chi connectivity index (χ1v) is 5.98. The Morgan fingerprint density at radius 3 is 1.71 bits per heavy atom. The maximum absolute atomic E-state index is 11.1. The summed E-state index contributed by atoms with van der Waals surface area (Å²) in [6, 6.07) is 0. The Balaban J connectivity index is 4.97. The van der Waals surface area contributed by atoms with E-state index in [0.29, 0.717) is 0 Å². The molecular weight excluding hydrogens is 208 g/mol. The molecule has 86 valence electrons. The Morgan fingerprint density at radius 2 is 1.64 bits per heavy atom. The summed E-state index contributed by atoms with van der Waals surface area (Å²) >= 11 is 0. The van der Waals surface area contributed by atoms with Gasteiger partial charge in [-0.25, -0.2) is 18.5 Å². The van der Waals surface area contributed by atoms with Crippen LogP contribution < -0.4 is 5.14 Å². The predicted octanol–water partition coefficient (Wildman–Crippen LogP) is -1.01. The van der Waals surface area contributed by atoms with Gasteiger partial charge in [0, 0.05) is 0 Å². The van der Waals surface area contributed by atoms with Gasteiger partial charge >= 0.3 is 0 Å². The molecule has 0 saturated heterocycles. The lowest BCUT2D eigenvalue weighted by Crippen LogP contribution is -2.52. The average molecular weight is 226 g/mol. The van der Waals surface area contributed by atoms with Gasteiger partial charge in [0.05, 0.1) is 0 Å². The highest BCUT2D eigenvalue weighted by Crippen LogP contribution is 2.14. The minimum atomic E-state index is -3.80. The van der Waals surface area contributed by atoms with E-state index in [9.17, 15) is 18.6 Å². The maximum atomic E-state index is 11.1. The Hall–Kier alpha value is -0.210. The zero-order valence-electron chi connectivity index (χ0n) is 8.58. The van der Waals surface area contributed by atoms with Crippen molar-refractivity contribution in [2.45, 2.75) is 45.0 Å². The van der Waals surface area contributed by atoms with Gasteiger partial charge in [-0.15, -0.1) is 0 Å². The third-order valence-corrected chi connectivity index (χ3v) is 3.26. The molecule has 0 bridgehead atoms. The smallest absolute Gasteiger partial charge is 0.225 e. The third kappa shape index (κ3) is 3.50. The first-order valence-electron chi connectivity index (χ1n) is 4.37. The second-order valence-electron chi connectivity index (χ2n) is 3.16. The van der Waals surface area contributed by atoms with Crippen LogP contribution in [0.5, 0.6) is 0 Å². The van der Waals surface area contributed by atoms with E-state index < -0.39 is 27.9 Å². The van der Waals surface area contributed by atoms with Crippen LogP contribution in [0, 0.1) is 0 Å². The van der Waals surface area contributed by atoms with Crippen molar-refractivity contribution in [3.8, 4) is 0 Å². The number of aliphatic hydroxyl groups excluding tert-OH is 2. The first-order chi connectivity index (χ1) is 6.21. The molecule has 0 rings (SSSR count). The van der Waals surface area contributed by atoms with Crippen LogP contribution in [0.1, 0.15) is 27.2 Å². The largest absolute Gasteiger partial charge is 0.379 e. The van der Waals surface area contributed by atoms with Crippen molar-refractivity contribution in [2.75, 3.05) is 0 Å². The molecule has 0 spiro atoms. The zero-order valence-corrected chi connectivity index (χ0v) is 9.40. The highest BCUT2D eigenvalue weighted by atomic mass is 32.2. The Bertz CT molecular complexity index is 255. The molecule has 0 aromatic carbocycles. The van der Waals surface area contributed by atoms with Crippen LogP contribution in [0.4, 0.5) is 0 Å². The number of primary sulfonamides is 1. The fourth-order valence-corrected chi connectivity index (χ4v) is 2.56. The van der Waals surface area contributed by atoms with Crippen molar-refractivity contribution in [2.24, 2.45) is 5.14 Å². The van der Waals surface area contributed by atoms with Gasteiger partial charge < -0.3 is 10.2 Å². The lowest BCUT2D eigenvalue weighted by Gasteiger charge is -2.33. The highest BCUT2D eigenvalue weighted by molar-refractivity contribution is 7.89. The van der Waals surface area contributed by atoms with Gasteiger partial charge in [0.2, 0.25) is 10.0 Å². The van der Waals surface area contributed by atoms with Crippen molar-refractivity contribution in [3.63, 3.8) is 0 Å². The highest BCUT2D eigenvalue weighted by Gasteiger charge is 2.32. The summed E-state index contributed by atoms with van der Waals surface area (Å²) in [6.45, 7) is 4.37. The number of rotatable bonds is 5.